The fraction of sp³-hybridized carbons (Fsp3) is 0.615. The predicted octanol–water partition coefficient (Wildman–Crippen LogP) is 10.9. The molecular formula is C39H61N2+. The van der Waals surface area contributed by atoms with Crippen molar-refractivity contribution >= 4 is 0 Å². The third kappa shape index (κ3) is 13.0. The first-order chi connectivity index (χ1) is 20.2. The Balaban J connectivity index is 1.34. The van der Waals surface area contributed by atoms with Crippen LogP contribution in [-0.4, -0.2) is 4.57 Å². The standard InChI is InChI=1S/C39H61N2/c1-4-5-6-7-8-9-10-11-12-13-14-15-16-17-18-19-26-31-41-34-38(32-35(2)37-29-24-21-25-30-37)40(3)39(41)33-36-27-22-20-23-28-36/h20-25,27-30,34-35H,4-19,26,31-33H2,1-3H3/q+1. The maximum absolute atomic E-state index is 2.56. The molecule has 0 N–H and O–H groups in total. The van der Waals surface area contributed by atoms with Crippen LogP contribution in [0.1, 0.15) is 152 Å². The lowest BCUT2D eigenvalue weighted by atomic mass is 9.96. The van der Waals surface area contributed by atoms with Crippen molar-refractivity contribution in [1.29, 1.82) is 0 Å². The van der Waals surface area contributed by atoms with Gasteiger partial charge in [0.2, 0.25) is 0 Å². The molecule has 0 fully saturated rings. The number of unbranched alkanes of at least 4 members (excludes halogenated alkanes) is 16. The van der Waals surface area contributed by atoms with Gasteiger partial charge in [-0.15, -0.1) is 0 Å². The number of hydrogen-bond acceptors (Lipinski definition) is 0. The summed E-state index contributed by atoms with van der Waals surface area (Å²) in [6.07, 6.45) is 28.7. The molecule has 1 unspecified atom stereocenters. The Hall–Kier alpha value is -2.35. The van der Waals surface area contributed by atoms with Crippen molar-refractivity contribution in [3.63, 3.8) is 0 Å². The molecule has 2 nitrogen and oxygen atoms in total. The first kappa shape index (κ1) is 33.2. The van der Waals surface area contributed by atoms with Crippen LogP contribution >= 0.6 is 0 Å². The number of aryl methyl sites for hydroxylation is 1. The van der Waals surface area contributed by atoms with Crippen LogP contribution in [0, 0.1) is 0 Å². The third-order valence-corrected chi connectivity index (χ3v) is 9.05. The van der Waals surface area contributed by atoms with Crippen LogP contribution in [0.5, 0.6) is 0 Å². The van der Waals surface area contributed by atoms with Crippen molar-refractivity contribution in [2.45, 2.75) is 148 Å². The van der Waals surface area contributed by atoms with Crippen molar-refractivity contribution in [3.05, 3.63) is 89.5 Å². The average Bonchev–Trinajstić information content (AvgIpc) is 3.28. The molecule has 1 atom stereocenters. The van der Waals surface area contributed by atoms with E-state index in [9.17, 15) is 0 Å². The molecule has 0 aliphatic rings. The summed E-state index contributed by atoms with van der Waals surface area (Å²) >= 11 is 0. The van der Waals surface area contributed by atoms with E-state index in [1.165, 1.54) is 132 Å². The molecular weight excluding hydrogens is 496 g/mol. The summed E-state index contributed by atoms with van der Waals surface area (Å²) in [5, 5.41) is 0. The molecule has 1 aromatic heterocycles. The van der Waals surface area contributed by atoms with E-state index < -0.39 is 0 Å². The number of hydrogen-bond donors (Lipinski definition) is 0. The van der Waals surface area contributed by atoms with E-state index in [1.54, 1.807) is 0 Å². The monoisotopic (exact) mass is 557 g/mol. The summed E-state index contributed by atoms with van der Waals surface area (Å²) in [5.41, 5.74) is 4.27. The first-order valence-electron chi connectivity index (χ1n) is 17.3. The summed E-state index contributed by atoms with van der Waals surface area (Å²) in [4.78, 5) is 0. The van der Waals surface area contributed by atoms with Crippen LogP contribution < -0.4 is 4.57 Å². The second-order valence-corrected chi connectivity index (χ2v) is 12.6. The Morgan fingerprint density at radius 3 is 1.59 bits per heavy atom. The van der Waals surface area contributed by atoms with Gasteiger partial charge in [-0.3, -0.25) is 0 Å². The van der Waals surface area contributed by atoms with Gasteiger partial charge in [0.15, 0.2) is 0 Å². The molecule has 0 radical (unpaired) electrons. The van der Waals surface area contributed by atoms with Crippen molar-refractivity contribution in [2.75, 3.05) is 0 Å². The Kier molecular flexibility index (Phi) is 16.6. The largest absolute Gasteiger partial charge is 0.260 e. The zero-order valence-electron chi connectivity index (χ0n) is 27.0. The van der Waals surface area contributed by atoms with E-state index in [0.717, 1.165) is 19.4 Å². The summed E-state index contributed by atoms with van der Waals surface area (Å²) in [7, 11) is 2.27. The van der Waals surface area contributed by atoms with E-state index in [1.807, 2.05) is 0 Å². The first-order valence-corrected chi connectivity index (χ1v) is 17.3. The minimum Gasteiger partial charge on any atom is -0.234 e. The van der Waals surface area contributed by atoms with E-state index in [0.29, 0.717) is 5.92 Å². The fourth-order valence-corrected chi connectivity index (χ4v) is 6.30. The number of benzene rings is 2. The molecule has 2 heteroatoms. The van der Waals surface area contributed by atoms with E-state index in [2.05, 4.69) is 96.9 Å². The van der Waals surface area contributed by atoms with Gasteiger partial charge in [-0.25, -0.2) is 9.13 Å². The van der Waals surface area contributed by atoms with E-state index in [4.69, 9.17) is 0 Å². The van der Waals surface area contributed by atoms with Crippen LogP contribution in [0.2, 0.25) is 0 Å². The topological polar surface area (TPSA) is 8.81 Å². The van der Waals surface area contributed by atoms with E-state index in [-0.39, 0.29) is 0 Å². The summed E-state index contributed by atoms with van der Waals surface area (Å²) in [5.74, 6) is 1.95. The van der Waals surface area contributed by atoms with Gasteiger partial charge in [0, 0.05) is 6.42 Å². The third-order valence-electron chi connectivity index (χ3n) is 9.05. The van der Waals surface area contributed by atoms with Crippen LogP contribution in [0.3, 0.4) is 0 Å². The molecule has 0 aliphatic carbocycles. The highest BCUT2D eigenvalue weighted by atomic mass is 15.1. The van der Waals surface area contributed by atoms with Gasteiger partial charge >= 0.3 is 0 Å². The molecule has 0 aliphatic heterocycles. The van der Waals surface area contributed by atoms with Crippen LogP contribution in [0.25, 0.3) is 0 Å². The lowest BCUT2D eigenvalue weighted by Crippen LogP contribution is -2.37. The second-order valence-electron chi connectivity index (χ2n) is 12.6. The molecule has 226 valence electrons. The Morgan fingerprint density at radius 1 is 0.610 bits per heavy atom. The van der Waals surface area contributed by atoms with Gasteiger partial charge in [-0.05, 0) is 29.9 Å². The molecule has 41 heavy (non-hydrogen) atoms. The molecule has 3 aromatic rings. The molecule has 0 saturated heterocycles. The number of imidazole rings is 1. The minimum atomic E-state index is 0.517. The summed E-state index contributed by atoms with van der Waals surface area (Å²) in [6.45, 7) is 5.80. The lowest BCUT2D eigenvalue weighted by molar-refractivity contribution is -0.704. The van der Waals surface area contributed by atoms with Crippen molar-refractivity contribution in [1.82, 2.24) is 4.57 Å². The Labute approximate surface area is 253 Å². The van der Waals surface area contributed by atoms with Gasteiger partial charge < -0.3 is 0 Å². The zero-order chi connectivity index (χ0) is 29.0. The average molecular weight is 558 g/mol. The maximum Gasteiger partial charge on any atom is 0.260 e. The van der Waals surface area contributed by atoms with Gasteiger partial charge in [0.25, 0.3) is 5.82 Å². The number of aromatic nitrogens is 2. The lowest BCUT2D eigenvalue weighted by Gasteiger charge is -2.10. The molecule has 2 aromatic carbocycles. The zero-order valence-corrected chi connectivity index (χ0v) is 27.0. The van der Waals surface area contributed by atoms with Gasteiger partial charge in [0.05, 0.1) is 20.0 Å². The molecule has 0 amide bonds. The molecule has 0 bridgehead atoms. The SMILES string of the molecule is CCCCCCCCCCCCCCCCCCC[n+]1cc(CC(C)c2ccccc2)n(C)c1Cc1ccccc1. The highest BCUT2D eigenvalue weighted by Gasteiger charge is 2.22. The second kappa shape index (κ2) is 20.5. The molecule has 1 heterocycles. The highest BCUT2D eigenvalue weighted by molar-refractivity contribution is 5.22. The summed E-state index contributed by atoms with van der Waals surface area (Å²) < 4.78 is 5.03. The van der Waals surface area contributed by atoms with Gasteiger partial charge in [-0.1, -0.05) is 171 Å². The minimum absolute atomic E-state index is 0.517. The molecule has 0 saturated carbocycles. The Morgan fingerprint density at radius 2 is 1.07 bits per heavy atom. The normalized spacial score (nSPS) is 12.2. The van der Waals surface area contributed by atoms with Crippen molar-refractivity contribution in [2.24, 2.45) is 7.05 Å². The molecule has 0 spiro atoms. The highest BCUT2D eigenvalue weighted by Crippen LogP contribution is 2.21. The fourth-order valence-electron chi connectivity index (χ4n) is 6.30. The smallest absolute Gasteiger partial charge is 0.234 e. The number of rotatable bonds is 23. The Bertz CT molecular complexity index is 1040. The quantitative estimate of drug-likeness (QED) is 0.0810. The van der Waals surface area contributed by atoms with Gasteiger partial charge in [-0.2, -0.15) is 0 Å². The van der Waals surface area contributed by atoms with Crippen molar-refractivity contribution < 1.29 is 4.57 Å². The predicted molar refractivity (Wildman–Crippen MR) is 178 cm³/mol. The maximum atomic E-state index is 2.56. The van der Waals surface area contributed by atoms with Gasteiger partial charge in [0.1, 0.15) is 11.9 Å². The molecule has 3 rings (SSSR count). The number of nitrogens with zero attached hydrogens (tertiary/aromatic N) is 2. The summed E-state index contributed by atoms with van der Waals surface area (Å²) in [6, 6.07) is 21.9. The van der Waals surface area contributed by atoms with Crippen molar-refractivity contribution in [3.8, 4) is 0 Å². The van der Waals surface area contributed by atoms with Crippen LogP contribution in [0.4, 0.5) is 0 Å². The van der Waals surface area contributed by atoms with Crippen LogP contribution in [-0.2, 0) is 26.4 Å². The van der Waals surface area contributed by atoms with E-state index >= 15 is 0 Å². The van der Waals surface area contributed by atoms with Crippen LogP contribution in [0.15, 0.2) is 66.9 Å².